The standard InChI is InChI=1S/C17H14ClN5S/c1-22(2)14-5-3-4-12(10-14)16-21-23-15(19-20-17(23)24-16)11-6-8-13(18)9-7-11/h3-10H,1-2H3. The number of rotatable bonds is 3. The fourth-order valence-electron chi connectivity index (χ4n) is 2.43. The Balaban J connectivity index is 1.80. The van der Waals surface area contributed by atoms with Gasteiger partial charge in [-0.2, -0.15) is 9.61 Å². The molecular formula is C17H14ClN5S. The lowest BCUT2D eigenvalue weighted by atomic mass is 10.2. The van der Waals surface area contributed by atoms with E-state index in [-0.39, 0.29) is 0 Å². The Morgan fingerprint density at radius 3 is 2.54 bits per heavy atom. The van der Waals surface area contributed by atoms with Crippen LogP contribution in [0.3, 0.4) is 0 Å². The van der Waals surface area contributed by atoms with Gasteiger partial charge in [-0.1, -0.05) is 35.1 Å². The summed E-state index contributed by atoms with van der Waals surface area (Å²) in [5.74, 6) is 0.716. The van der Waals surface area contributed by atoms with Crippen LogP contribution in [0.2, 0.25) is 5.02 Å². The highest BCUT2D eigenvalue weighted by atomic mass is 35.5. The minimum Gasteiger partial charge on any atom is -0.378 e. The van der Waals surface area contributed by atoms with Gasteiger partial charge in [0.25, 0.3) is 0 Å². The molecule has 0 aliphatic carbocycles. The predicted molar refractivity (Wildman–Crippen MR) is 98.9 cm³/mol. The quantitative estimate of drug-likeness (QED) is 0.551. The van der Waals surface area contributed by atoms with Crippen molar-refractivity contribution in [3.63, 3.8) is 0 Å². The van der Waals surface area contributed by atoms with Crippen LogP contribution in [0.5, 0.6) is 0 Å². The van der Waals surface area contributed by atoms with Crippen molar-refractivity contribution in [2.24, 2.45) is 0 Å². The molecule has 4 rings (SSSR count). The molecule has 0 bridgehead atoms. The summed E-state index contributed by atoms with van der Waals surface area (Å²) in [5, 5.41) is 14.8. The predicted octanol–water partition coefficient (Wildman–Crippen LogP) is 4.24. The minimum absolute atomic E-state index is 0.693. The van der Waals surface area contributed by atoms with Crippen LogP contribution in [0.4, 0.5) is 5.69 Å². The zero-order chi connectivity index (χ0) is 16.7. The molecule has 0 atom stereocenters. The first-order valence-corrected chi connectivity index (χ1v) is 8.57. The second-order valence-corrected chi connectivity index (χ2v) is 6.97. The smallest absolute Gasteiger partial charge is 0.235 e. The van der Waals surface area contributed by atoms with E-state index in [4.69, 9.17) is 16.7 Å². The topological polar surface area (TPSA) is 46.3 Å². The highest BCUT2D eigenvalue weighted by Crippen LogP contribution is 2.30. The normalized spacial score (nSPS) is 11.1. The van der Waals surface area contributed by atoms with E-state index in [9.17, 15) is 0 Å². The largest absolute Gasteiger partial charge is 0.378 e. The summed E-state index contributed by atoms with van der Waals surface area (Å²) in [5.41, 5.74) is 3.14. The van der Waals surface area contributed by atoms with Crippen molar-refractivity contribution >= 4 is 33.6 Å². The van der Waals surface area contributed by atoms with Gasteiger partial charge in [-0.15, -0.1) is 10.2 Å². The van der Waals surface area contributed by atoms with E-state index in [0.29, 0.717) is 10.8 Å². The molecule has 0 fully saturated rings. The fourth-order valence-corrected chi connectivity index (χ4v) is 3.39. The molecule has 4 aromatic rings. The zero-order valence-corrected chi connectivity index (χ0v) is 14.7. The number of fused-ring (bicyclic) bond motifs is 1. The molecule has 0 saturated heterocycles. The van der Waals surface area contributed by atoms with Gasteiger partial charge in [0.1, 0.15) is 5.01 Å². The Morgan fingerprint density at radius 2 is 1.79 bits per heavy atom. The van der Waals surface area contributed by atoms with E-state index < -0.39 is 0 Å². The Morgan fingerprint density at radius 1 is 1.00 bits per heavy atom. The summed E-state index contributed by atoms with van der Waals surface area (Å²) in [7, 11) is 4.05. The lowest BCUT2D eigenvalue weighted by Crippen LogP contribution is -2.08. The summed E-state index contributed by atoms with van der Waals surface area (Å²) < 4.78 is 1.78. The number of halogens is 1. The van der Waals surface area contributed by atoms with Crippen LogP contribution in [0.1, 0.15) is 0 Å². The van der Waals surface area contributed by atoms with Gasteiger partial charge in [-0.3, -0.25) is 0 Å². The molecule has 120 valence electrons. The van der Waals surface area contributed by atoms with Crippen molar-refractivity contribution in [2.75, 3.05) is 19.0 Å². The third-order valence-electron chi connectivity index (χ3n) is 3.70. The average molecular weight is 356 g/mol. The third kappa shape index (κ3) is 2.64. The molecule has 0 N–H and O–H groups in total. The maximum absolute atomic E-state index is 5.96. The number of hydrogen-bond acceptors (Lipinski definition) is 5. The van der Waals surface area contributed by atoms with Gasteiger partial charge in [0.2, 0.25) is 4.96 Å². The van der Waals surface area contributed by atoms with Crippen molar-refractivity contribution in [2.45, 2.75) is 0 Å². The van der Waals surface area contributed by atoms with Crippen LogP contribution in [-0.2, 0) is 0 Å². The molecule has 2 aromatic carbocycles. The monoisotopic (exact) mass is 355 g/mol. The Labute approximate surface area is 148 Å². The van der Waals surface area contributed by atoms with Crippen LogP contribution in [0, 0.1) is 0 Å². The molecule has 0 amide bonds. The first kappa shape index (κ1) is 15.1. The summed E-state index contributed by atoms with van der Waals surface area (Å²) in [6.45, 7) is 0. The summed E-state index contributed by atoms with van der Waals surface area (Å²) >= 11 is 7.48. The molecule has 0 radical (unpaired) electrons. The highest BCUT2D eigenvalue weighted by molar-refractivity contribution is 7.19. The Kier molecular flexibility index (Phi) is 3.70. The van der Waals surface area contributed by atoms with E-state index in [0.717, 1.165) is 26.8 Å². The molecule has 0 aliphatic heterocycles. The second-order valence-electron chi connectivity index (χ2n) is 5.58. The highest BCUT2D eigenvalue weighted by Gasteiger charge is 2.14. The van der Waals surface area contributed by atoms with Gasteiger partial charge < -0.3 is 4.90 Å². The Bertz CT molecular complexity index is 1000. The number of hydrogen-bond donors (Lipinski definition) is 0. The zero-order valence-electron chi connectivity index (χ0n) is 13.1. The molecule has 5 nitrogen and oxygen atoms in total. The van der Waals surface area contributed by atoms with Gasteiger partial charge >= 0.3 is 0 Å². The van der Waals surface area contributed by atoms with Crippen molar-refractivity contribution in [3.8, 4) is 22.0 Å². The summed E-state index contributed by atoms with van der Waals surface area (Å²) in [6.07, 6.45) is 0. The summed E-state index contributed by atoms with van der Waals surface area (Å²) in [6, 6.07) is 15.8. The molecule has 0 unspecified atom stereocenters. The number of nitrogens with zero attached hydrogens (tertiary/aromatic N) is 5. The molecule has 0 spiro atoms. The van der Waals surface area contributed by atoms with E-state index in [2.05, 4.69) is 33.3 Å². The van der Waals surface area contributed by atoms with Crippen LogP contribution in [-0.4, -0.2) is 33.9 Å². The SMILES string of the molecule is CN(C)c1cccc(-c2nn3c(-c4ccc(Cl)cc4)nnc3s2)c1. The van der Waals surface area contributed by atoms with Crippen LogP contribution in [0.25, 0.3) is 26.9 Å². The van der Waals surface area contributed by atoms with E-state index >= 15 is 0 Å². The van der Waals surface area contributed by atoms with Crippen LogP contribution < -0.4 is 4.90 Å². The molecule has 24 heavy (non-hydrogen) atoms. The number of benzene rings is 2. The van der Waals surface area contributed by atoms with Gasteiger partial charge in [-0.25, -0.2) is 0 Å². The molecule has 0 aliphatic rings. The number of aromatic nitrogens is 4. The van der Waals surface area contributed by atoms with Crippen LogP contribution in [0.15, 0.2) is 48.5 Å². The van der Waals surface area contributed by atoms with Crippen molar-refractivity contribution < 1.29 is 0 Å². The van der Waals surface area contributed by atoms with Crippen molar-refractivity contribution in [1.82, 2.24) is 19.8 Å². The lowest BCUT2D eigenvalue weighted by molar-refractivity contribution is 0.970. The Hall–Kier alpha value is -2.44. The maximum atomic E-state index is 5.96. The van der Waals surface area contributed by atoms with Crippen LogP contribution >= 0.6 is 22.9 Å². The molecule has 2 aromatic heterocycles. The molecule has 7 heteroatoms. The summed E-state index contributed by atoms with van der Waals surface area (Å²) in [4.78, 5) is 2.84. The fraction of sp³-hybridized carbons (Fsp3) is 0.118. The van der Waals surface area contributed by atoms with Gasteiger partial charge in [0.15, 0.2) is 5.82 Å². The second kappa shape index (κ2) is 5.89. The van der Waals surface area contributed by atoms with E-state index in [1.165, 1.54) is 11.3 Å². The molecule has 2 heterocycles. The number of anilines is 1. The third-order valence-corrected chi connectivity index (χ3v) is 4.90. The first-order chi connectivity index (χ1) is 11.6. The average Bonchev–Trinajstić information content (AvgIpc) is 3.16. The first-order valence-electron chi connectivity index (χ1n) is 7.38. The lowest BCUT2D eigenvalue weighted by Gasteiger charge is -2.12. The van der Waals surface area contributed by atoms with Gasteiger partial charge in [-0.05, 0) is 36.4 Å². The van der Waals surface area contributed by atoms with Crippen molar-refractivity contribution in [3.05, 3.63) is 53.6 Å². The van der Waals surface area contributed by atoms with Crippen molar-refractivity contribution in [1.29, 1.82) is 0 Å². The van der Waals surface area contributed by atoms with E-state index in [1.54, 1.807) is 4.52 Å². The minimum atomic E-state index is 0.693. The van der Waals surface area contributed by atoms with E-state index in [1.807, 2.05) is 44.4 Å². The van der Waals surface area contributed by atoms with Gasteiger partial charge in [0.05, 0.1) is 0 Å². The maximum Gasteiger partial charge on any atom is 0.235 e. The molecular weight excluding hydrogens is 342 g/mol. The van der Waals surface area contributed by atoms with Gasteiger partial charge in [0, 0.05) is 35.9 Å². The molecule has 0 saturated carbocycles.